The summed E-state index contributed by atoms with van der Waals surface area (Å²) in [5, 5.41) is 6.03. The van der Waals surface area contributed by atoms with E-state index < -0.39 is 0 Å². The number of nitrogens with one attached hydrogen (secondary N) is 2. The molecule has 1 aromatic rings. The van der Waals surface area contributed by atoms with Gasteiger partial charge in [-0.3, -0.25) is 4.79 Å². The first-order valence-electron chi connectivity index (χ1n) is 5.47. The topological polar surface area (TPSA) is 80.0 Å². The molecule has 1 aliphatic rings. The zero-order valence-corrected chi connectivity index (χ0v) is 9.07. The molecule has 1 saturated heterocycles. The fourth-order valence-electron chi connectivity index (χ4n) is 1.76. The number of nitrogen functional groups attached to an aromatic ring is 1. The van der Waals surface area contributed by atoms with Crippen molar-refractivity contribution in [2.75, 3.05) is 12.3 Å². The molecule has 1 aromatic heterocycles. The molecule has 4 N–H and O–H groups in total. The molecule has 5 nitrogen and oxygen atoms in total. The van der Waals surface area contributed by atoms with Crippen LogP contribution in [0, 0.1) is 0 Å². The maximum absolute atomic E-state index is 11.7. The van der Waals surface area contributed by atoms with Gasteiger partial charge in [-0.2, -0.15) is 0 Å². The van der Waals surface area contributed by atoms with Crippen molar-refractivity contribution in [2.45, 2.75) is 25.4 Å². The van der Waals surface area contributed by atoms with Crippen molar-refractivity contribution >= 4 is 11.7 Å². The number of nitrogens with zero attached hydrogens (tertiary/aromatic N) is 1. The highest BCUT2D eigenvalue weighted by atomic mass is 16.2. The van der Waals surface area contributed by atoms with Gasteiger partial charge in [0, 0.05) is 12.7 Å². The molecule has 86 valence electrons. The molecule has 0 aromatic carbocycles. The molecule has 0 aliphatic carbocycles. The highest BCUT2D eigenvalue weighted by molar-refractivity contribution is 5.81. The van der Waals surface area contributed by atoms with Crippen LogP contribution in [0.4, 0.5) is 5.82 Å². The molecular weight excluding hydrogens is 204 g/mol. The van der Waals surface area contributed by atoms with Crippen LogP contribution in [0.5, 0.6) is 0 Å². The van der Waals surface area contributed by atoms with E-state index in [0.717, 1.165) is 24.9 Å². The molecule has 2 rings (SSSR count). The number of aromatic nitrogens is 1. The summed E-state index contributed by atoms with van der Waals surface area (Å²) >= 11 is 0. The molecule has 0 radical (unpaired) electrons. The molecule has 0 saturated carbocycles. The normalized spacial score (nSPS) is 19.6. The van der Waals surface area contributed by atoms with E-state index in [4.69, 9.17) is 5.73 Å². The van der Waals surface area contributed by atoms with Crippen molar-refractivity contribution in [3.8, 4) is 0 Å². The number of nitrogens with two attached hydrogens (primary N) is 1. The predicted octanol–water partition coefficient (Wildman–Crippen LogP) is 0.0320. The average molecular weight is 220 g/mol. The number of carbonyl (C=O) groups is 1. The second-order valence-corrected chi connectivity index (χ2v) is 3.96. The second kappa shape index (κ2) is 4.94. The van der Waals surface area contributed by atoms with Crippen LogP contribution in [0.15, 0.2) is 18.3 Å². The van der Waals surface area contributed by atoms with Crippen LogP contribution in [-0.2, 0) is 11.3 Å². The summed E-state index contributed by atoms with van der Waals surface area (Å²) in [6.07, 6.45) is 3.67. The quantitative estimate of drug-likeness (QED) is 0.671. The number of hydrogen-bond donors (Lipinski definition) is 3. The predicted molar refractivity (Wildman–Crippen MR) is 61.5 cm³/mol. The number of rotatable bonds is 3. The molecule has 5 heteroatoms. The third-order valence-corrected chi connectivity index (χ3v) is 2.69. The number of anilines is 1. The summed E-state index contributed by atoms with van der Waals surface area (Å²) in [6.45, 7) is 1.44. The van der Waals surface area contributed by atoms with Crippen LogP contribution in [0.2, 0.25) is 0 Å². The Morgan fingerprint density at radius 1 is 1.62 bits per heavy atom. The zero-order chi connectivity index (χ0) is 11.4. The lowest BCUT2D eigenvalue weighted by molar-refractivity contribution is -0.122. The fourth-order valence-corrected chi connectivity index (χ4v) is 1.76. The summed E-state index contributed by atoms with van der Waals surface area (Å²) in [5.41, 5.74) is 6.43. The van der Waals surface area contributed by atoms with Crippen molar-refractivity contribution in [3.63, 3.8) is 0 Å². The van der Waals surface area contributed by atoms with Gasteiger partial charge >= 0.3 is 0 Å². The largest absolute Gasteiger partial charge is 0.384 e. The standard InChI is InChI=1S/C11H16N4O/c12-10-4-3-8(6-14-10)7-15-11(16)9-2-1-5-13-9/h3-4,6,9,13H,1-2,5,7H2,(H2,12,14)(H,15,16)/t9-/m0/s1. The Bertz CT molecular complexity index is 357. The Balaban J connectivity index is 1.82. The van der Waals surface area contributed by atoms with Gasteiger partial charge in [0.15, 0.2) is 0 Å². The smallest absolute Gasteiger partial charge is 0.237 e. The lowest BCUT2D eigenvalue weighted by Crippen LogP contribution is -2.40. The minimum atomic E-state index is -0.0262. The molecule has 0 unspecified atom stereocenters. The van der Waals surface area contributed by atoms with E-state index in [1.165, 1.54) is 0 Å². The Morgan fingerprint density at radius 2 is 2.50 bits per heavy atom. The van der Waals surface area contributed by atoms with E-state index in [9.17, 15) is 4.79 Å². The molecule has 1 fully saturated rings. The van der Waals surface area contributed by atoms with Gasteiger partial charge in [0.25, 0.3) is 0 Å². The van der Waals surface area contributed by atoms with E-state index in [1.807, 2.05) is 6.07 Å². The van der Waals surface area contributed by atoms with Crippen molar-refractivity contribution in [2.24, 2.45) is 0 Å². The van der Waals surface area contributed by atoms with Crippen LogP contribution in [0.3, 0.4) is 0 Å². The molecule has 16 heavy (non-hydrogen) atoms. The minimum Gasteiger partial charge on any atom is -0.384 e. The lowest BCUT2D eigenvalue weighted by Gasteiger charge is -2.10. The SMILES string of the molecule is Nc1ccc(CNC(=O)[C@@H]2CCCN2)cn1. The van der Waals surface area contributed by atoms with Gasteiger partial charge in [0.2, 0.25) is 5.91 Å². The highest BCUT2D eigenvalue weighted by Gasteiger charge is 2.21. The summed E-state index contributed by atoms with van der Waals surface area (Å²) in [4.78, 5) is 15.6. The molecule has 1 amide bonds. The van der Waals surface area contributed by atoms with Gasteiger partial charge in [-0.15, -0.1) is 0 Å². The zero-order valence-electron chi connectivity index (χ0n) is 9.07. The van der Waals surface area contributed by atoms with E-state index >= 15 is 0 Å². The summed E-state index contributed by atoms with van der Waals surface area (Å²) in [6, 6.07) is 3.57. The van der Waals surface area contributed by atoms with Gasteiger partial charge < -0.3 is 16.4 Å². The number of hydrogen-bond acceptors (Lipinski definition) is 4. The molecule has 0 bridgehead atoms. The van der Waals surface area contributed by atoms with E-state index in [0.29, 0.717) is 12.4 Å². The Kier molecular flexibility index (Phi) is 3.36. The van der Waals surface area contributed by atoms with Crippen molar-refractivity contribution in [1.82, 2.24) is 15.6 Å². The van der Waals surface area contributed by atoms with Crippen LogP contribution in [0.25, 0.3) is 0 Å². The average Bonchev–Trinajstić information content (AvgIpc) is 2.81. The Hall–Kier alpha value is -1.62. The van der Waals surface area contributed by atoms with E-state index in [2.05, 4.69) is 15.6 Å². The van der Waals surface area contributed by atoms with E-state index in [1.54, 1.807) is 12.3 Å². The van der Waals surface area contributed by atoms with Gasteiger partial charge in [0.05, 0.1) is 6.04 Å². The monoisotopic (exact) mass is 220 g/mol. The number of pyridine rings is 1. The number of carbonyl (C=O) groups excluding carboxylic acids is 1. The molecule has 2 heterocycles. The molecule has 1 aliphatic heterocycles. The van der Waals surface area contributed by atoms with Crippen LogP contribution in [0.1, 0.15) is 18.4 Å². The van der Waals surface area contributed by atoms with Crippen LogP contribution >= 0.6 is 0 Å². The summed E-state index contributed by atoms with van der Waals surface area (Å²) < 4.78 is 0. The summed E-state index contributed by atoms with van der Waals surface area (Å²) in [7, 11) is 0. The van der Waals surface area contributed by atoms with Crippen LogP contribution < -0.4 is 16.4 Å². The highest BCUT2D eigenvalue weighted by Crippen LogP contribution is 2.05. The summed E-state index contributed by atoms with van der Waals surface area (Å²) in [5.74, 6) is 0.557. The third-order valence-electron chi connectivity index (χ3n) is 2.69. The van der Waals surface area contributed by atoms with Crippen LogP contribution in [-0.4, -0.2) is 23.5 Å². The van der Waals surface area contributed by atoms with Crippen molar-refractivity contribution in [3.05, 3.63) is 23.9 Å². The van der Waals surface area contributed by atoms with Crippen molar-refractivity contribution in [1.29, 1.82) is 0 Å². The third kappa shape index (κ3) is 2.70. The van der Waals surface area contributed by atoms with Gasteiger partial charge in [-0.1, -0.05) is 6.07 Å². The first-order valence-corrected chi connectivity index (χ1v) is 5.47. The van der Waals surface area contributed by atoms with Gasteiger partial charge in [-0.25, -0.2) is 4.98 Å². The molecule has 0 spiro atoms. The van der Waals surface area contributed by atoms with Gasteiger partial charge in [-0.05, 0) is 31.0 Å². The maximum atomic E-state index is 11.7. The lowest BCUT2D eigenvalue weighted by atomic mass is 10.2. The van der Waals surface area contributed by atoms with Gasteiger partial charge in [0.1, 0.15) is 5.82 Å². The Morgan fingerprint density at radius 3 is 3.12 bits per heavy atom. The van der Waals surface area contributed by atoms with Crippen molar-refractivity contribution < 1.29 is 4.79 Å². The number of amides is 1. The molecule has 1 atom stereocenters. The first kappa shape index (κ1) is 10.9. The fraction of sp³-hybridized carbons (Fsp3) is 0.455. The maximum Gasteiger partial charge on any atom is 0.237 e. The minimum absolute atomic E-state index is 0.0262. The second-order valence-electron chi connectivity index (χ2n) is 3.96. The first-order chi connectivity index (χ1) is 7.75. The Labute approximate surface area is 94.4 Å². The molecular formula is C11H16N4O. The van der Waals surface area contributed by atoms with E-state index in [-0.39, 0.29) is 11.9 Å².